The van der Waals surface area contributed by atoms with E-state index < -0.39 is 10.0 Å². The number of alkyl carbamates (subject to hydrolysis) is 1. The molecule has 31 heavy (non-hydrogen) atoms. The van der Waals surface area contributed by atoms with Crippen molar-refractivity contribution in [3.63, 3.8) is 0 Å². The summed E-state index contributed by atoms with van der Waals surface area (Å²) >= 11 is 1.40. The van der Waals surface area contributed by atoms with Crippen molar-refractivity contribution in [2.24, 2.45) is 0 Å². The molecule has 1 aliphatic rings. The van der Waals surface area contributed by atoms with E-state index in [1.807, 2.05) is 13.8 Å². The molecule has 0 saturated heterocycles. The number of nitrogen functional groups attached to an aromatic ring is 1. The molecule has 0 spiro atoms. The zero-order chi connectivity index (χ0) is 22.6. The van der Waals surface area contributed by atoms with Gasteiger partial charge in [-0.05, 0) is 57.7 Å². The van der Waals surface area contributed by atoms with Crippen LogP contribution in [0.2, 0.25) is 0 Å². The van der Waals surface area contributed by atoms with Gasteiger partial charge in [-0.3, -0.25) is 0 Å². The molecule has 2 aromatic rings. The highest BCUT2D eigenvalue weighted by Crippen LogP contribution is 2.38. The molecule has 0 atom stereocenters. The topological polar surface area (TPSA) is 136 Å². The highest BCUT2D eigenvalue weighted by Gasteiger charge is 2.28. The van der Waals surface area contributed by atoms with E-state index in [0.717, 1.165) is 30.7 Å². The summed E-state index contributed by atoms with van der Waals surface area (Å²) in [6.07, 6.45) is 2.86. The van der Waals surface area contributed by atoms with E-state index in [-0.39, 0.29) is 35.6 Å². The zero-order valence-corrected chi connectivity index (χ0v) is 19.6. The maximum absolute atomic E-state index is 12.6. The molecule has 0 aliphatic heterocycles. The predicted molar refractivity (Wildman–Crippen MR) is 120 cm³/mol. The number of carbonyl (C=O) groups is 1. The van der Waals surface area contributed by atoms with Gasteiger partial charge in [0.2, 0.25) is 10.0 Å². The fraction of sp³-hybridized carbons (Fsp3) is 0.550. The lowest BCUT2D eigenvalue weighted by atomic mass is 9.86. The van der Waals surface area contributed by atoms with Crippen LogP contribution in [0.5, 0.6) is 0 Å². The van der Waals surface area contributed by atoms with E-state index in [2.05, 4.69) is 20.2 Å². The van der Waals surface area contributed by atoms with Gasteiger partial charge in [0.25, 0.3) is 0 Å². The lowest BCUT2D eigenvalue weighted by Crippen LogP contribution is -2.38. The van der Waals surface area contributed by atoms with Crippen LogP contribution in [-0.4, -0.2) is 43.4 Å². The number of aromatic nitrogens is 2. The molecule has 0 bridgehead atoms. The smallest absolute Gasteiger partial charge is 0.407 e. The summed E-state index contributed by atoms with van der Waals surface area (Å²) in [5.41, 5.74) is 6.69. The molecule has 0 radical (unpaired) electrons. The van der Waals surface area contributed by atoms with E-state index in [1.54, 1.807) is 19.1 Å². The van der Waals surface area contributed by atoms with Gasteiger partial charge < -0.3 is 15.8 Å². The van der Waals surface area contributed by atoms with Crippen LogP contribution in [0.1, 0.15) is 57.4 Å². The molecule has 1 amide bonds. The van der Waals surface area contributed by atoms with Gasteiger partial charge in [-0.1, -0.05) is 18.3 Å². The minimum absolute atomic E-state index is 0.0869. The maximum atomic E-state index is 12.6. The molecule has 1 aliphatic carbocycles. The first-order chi connectivity index (χ1) is 14.7. The molecule has 11 heteroatoms. The molecular weight excluding hydrogens is 438 g/mol. The molecule has 3 rings (SSSR count). The van der Waals surface area contributed by atoms with Crippen LogP contribution in [0.15, 0.2) is 23.1 Å². The van der Waals surface area contributed by atoms with E-state index in [1.165, 1.54) is 17.4 Å². The summed E-state index contributed by atoms with van der Waals surface area (Å²) in [7, 11) is -3.70. The number of amides is 1. The van der Waals surface area contributed by atoms with Crippen molar-refractivity contribution in [3.05, 3.63) is 23.2 Å². The number of hydrogen-bond donors (Lipinski definition) is 3. The second-order valence-electron chi connectivity index (χ2n) is 7.85. The minimum atomic E-state index is -3.70. The van der Waals surface area contributed by atoms with Crippen molar-refractivity contribution < 1.29 is 17.9 Å². The Kier molecular flexibility index (Phi) is 7.50. The Morgan fingerprint density at radius 1 is 1.26 bits per heavy atom. The molecule has 1 fully saturated rings. The third kappa shape index (κ3) is 5.92. The molecule has 1 aromatic carbocycles. The number of nitrogens with one attached hydrogen (secondary N) is 2. The lowest BCUT2D eigenvalue weighted by Gasteiger charge is -2.27. The molecule has 9 nitrogen and oxygen atoms in total. The fourth-order valence-corrected chi connectivity index (χ4v) is 6.01. The highest BCUT2D eigenvalue weighted by molar-refractivity contribution is 7.89. The summed E-state index contributed by atoms with van der Waals surface area (Å²) in [6, 6.07) is 4.87. The van der Waals surface area contributed by atoms with Crippen LogP contribution in [0.3, 0.4) is 0 Å². The number of ether oxygens (including phenoxy) is 1. The lowest BCUT2D eigenvalue weighted by molar-refractivity contribution is 0.109. The van der Waals surface area contributed by atoms with Gasteiger partial charge in [-0.15, -0.1) is 10.2 Å². The summed E-state index contributed by atoms with van der Waals surface area (Å²) in [5.74, 6) is 0.230. The van der Waals surface area contributed by atoms with Gasteiger partial charge in [0.1, 0.15) is 10.0 Å². The summed E-state index contributed by atoms with van der Waals surface area (Å²) in [6.45, 7) is 5.64. The van der Waals surface area contributed by atoms with Crippen LogP contribution in [-0.2, 0) is 14.8 Å². The Hall–Kier alpha value is -2.24. The third-order valence-electron chi connectivity index (χ3n) is 5.04. The Balaban J connectivity index is 1.72. The number of hydrogen-bond acceptors (Lipinski definition) is 8. The SMILES string of the molecule is CCNS(=O)(=O)c1cc(N)ccc1-c1nnc(C2CCC(NC(=O)OC(C)C)CC2)s1. The first-order valence-electron chi connectivity index (χ1n) is 10.4. The Labute approximate surface area is 186 Å². The number of benzene rings is 1. The molecule has 4 N–H and O–H groups in total. The first-order valence-corrected chi connectivity index (χ1v) is 12.7. The summed E-state index contributed by atoms with van der Waals surface area (Å²) < 4.78 is 32.9. The van der Waals surface area contributed by atoms with Gasteiger partial charge in [0.05, 0.1) is 11.0 Å². The van der Waals surface area contributed by atoms with Crippen LogP contribution >= 0.6 is 11.3 Å². The van der Waals surface area contributed by atoms with Gasteiger partial charge in [-0.25, -0.2) is 17.9 Å². The summed E-state index contributed by atoms with van der Waals surface area (Å²) in [5, 5.41) is 13.0. The second-order valence-corrected chi connectivity index (χ2v) is 10.6. The number of anilines is 1. The zero-order valence-electron chi connectivity index (χ0n) is 17.9. The number of sulfonamides is 1. The standard InChI is InChI=1S/C20H29N5O4S2/c1-4-22-31(27,28)17-11-14(21)7-10-16(17)19-25-24-18(30-19)13-5-8-15(9-6-13)23-20(26)29-12(2)3/h7,10-13,15,22H,4-6,8-9,21H2,1-3H3,(H,23,26). The molecule has 1 aromatic heterocycles. The third-order valence-corrected chi connectivity index (χ3v) is 7.75. The van der Waals surface area contributed by atoms with Crippen molar-refractivity contribution in [2.75, 3.05) is 12.3 Å². The van der Waals surface area contributed by atoms with Crippen molar-refractivity contribution in [1.82, 2.24) is 20.2 Å². The second kappa shape index (κ2) is 9.92. The average molecular weight is 468 g/mol. The largest absolute Gasteiger partial charge is 0.447 e. The molecule has 170 valence electrons. The fourth-order valence-electron chi connectivity index (χ4n) is 3.61. The number of nitrogens with two attached hydrogens (primary N) is 1. The van der Waals surface area contributed by atoms with Gasteiger partial charge in [0.15, 0.2) is 0 Å². The van der Waals surface area contributed by atoms with Crippen LogP contribution in [0.25, 0.3) is 10.6 Å². The van der Waals surface area contributed by atoms with Gasteiger partial charge in [-0.2, -0.15) is 0 Å². The quantitative estimate of drug-likeness (QED) is 0.532. The molecule has 0 unspecified atom stereocenters. The van der Waals surface area contributed by atoms with E-state index >= 15 is 0 Å². The number of nitrogens with zero attached hydrogens (tertiary/aromatic N) is 2. The van der Waals surface area contributed by atoms with Crippen LogP contribution in [0.4, 0.5) is 10.5 Å². The van der Waals surface area contributed by atoms with Crippen LogP contribution in [0, 0.1) is 0 Å². The van der Waals surface area contributed by atoms with Gasteiger partial charge in [0, 0.05) is 29.8 Å². The molecule has 1 heterocycles. The van der Waals surface area contributed by atoms with E-state index in [4.69, 9.17) is 10.5 Å². The van der Waals surface area contributed by atoms with Crippen molar-refractivity contribution in [3.8, 4) is 10.6 Å². The van der Waals surface area contributed by atoms with Crippen molar-refractivity contribution >= 4 is 33.1 Å². The number of rotatable bonds is 7. The summed E-state index contributed by atoms with van der Waals surface area (Å²) in [4.78, 5) is 11.9. The Morgan fingerprint density at radius 2 is 1.97 bits per heavy atom. The number of carbonyl (C=O) groups excluding carboxylic acids is 1. The van der Waals surface area contributed by atoms with Crippen LogP contribution < -0.4 is 15.8 Å². The first kappa shape index (κ1) is 23.4. The van der Waals surface area contributed by atoms with E-state index in [0.29, 0.717) is 16.3 Å². The Bertz CT molecular complexity index is 1010. The molecular formula is C20H29N5O4S2. The Morgan fingerprint density at radius 3 is 2.61 bits per heavy atom. The molecule has 1 saturated carbocycles. The average Bonchev–Trinajstić information content (AvgIpc) is 3.18. The minimum Gasteiger partial charge on any atom is -0.447 e. The van der Waals surface area contributed by atoms with Crippen molar-refractivity contribution in [1.29, 1.82) is 0 Å². The van der Waals surface area contributed by atoms with Crippen molar-refractivity contribution in [2.45, 2.75) is 69.4 Å². The maximum Gasteiger partial charge on any atom is 0.407 e. The highest BCUT2D eigenvalue weighted by atomic mass is 32.2. The monoisotopic (exact) mass is 467 g/mol. The normalized spacial score (nSPS) is 19.4. The predicted octanol–water partition coefficient (Wildman–Crippen LogP) is 3.25. The van der Waals surface area contributed by atoms with E-state index in [9.17, 15) is 13.2 Å². The van der Waals surface area contributed by atoms with Gasteiger partial charge >= 0.3 is 6.09 Å².